The van der Waals surface area contributed by atoms with E-state index in [1.165, 1.54) is 0 Å². The van der Waals surface area contributed by atoms with Crippen LogP contribution in [0, 0.1) is 0 Å². The van der Waals surface area contributed by atoms with Gasteiger partial charge in [-0.25, -0.2) is 0 Å². The Morgan fingerprint density at radius 1 is 1.36 bits per heavy atom. The van der Waals surface area contributed by atoms with Crippen LogP contribution in [0.2, 0.25) is 0 Å². The van der Waals surface area contributed by atoms with Gasteiger partial charge in [0.1, 0.15) is 5.76 Å². The van der Waals surface area contributed by atoms with Gasteiger partial charge in [0.05, 0.1) is 0 Å². The van der Waals surface area contributed by atoms with Gasteiger partial charge in [-0.3, -0.25) is 0 Å². The van der Waals surface area contributed by atoms with Gasteiger partial charge in [0.2, 0.25) is 6.29 Å². The van der Waals surface area contributed by atoms with E-state index < -0.39 is 5.79 Å². The molecule has 4 nitrogen and oxygen atoms in total. The highest BCUT2D eigenvalue weighted by molar-refractivity contribution is 5.11. The van der Waals surface area contributed by atoms with E-state index in [0.717, 1.165) is 5.76 Å². The third-order valence-corrected chi connectivity index (χ3v) is 2.45. The van der Waals surface area contributed by atoms with E-state index in [9.17, 15) is 0 Å². The van der Waals surface area contributed by atoms with Crippen LogP contribution in [0.15, 0.2) is 11.8 Å². The number of hydrogen-bond acceptors (Lipinski definition) is 4. The van der Waals surface area contributed by atoms with Crippen molar-refractivity contribution in [1.82, 2.24) is 0 Å². The maximum atomic E-state index is 5.71. The van der Waals surface area contributed by atoms with Crippen LogP contribution >= 0.6 is 0 Å². The molecule has 0 radical (unpaired) electrons. The molecule has 0 aromatic heterocycles. The first-order valence-electron chi connectivity index (χ1n) is 4.78. The Bertz CT molecular complexity index is 259. The molecule has 2 fully saturated rings. The molecule has 4 heteroatoms. The van der Waals surface area contributed by atoms with Crippen molar-refractivity contribution < 1.29 is 18.9 Å². The smallest absolute Gasteiger partial charge is 0.228 e. The summed E-state index contributed by atoms with van der Waals surface area (Å²) in [5, 5.41) is 0. The molecule has 0 N–H and O–H groups in total. The largest absolute Gasteiger partial charge is 0.464 e. The van der Waals surface area contributed by atoms with Crippen LogP contribution in [0.4, 0.5) is 0 Å². The summed E-state index contributed by atoms with van der Waals surface area (Å²) >= 11 is 0. The fourth-order valence-corrected chi connectivity index (χ4v) is 1.89. The van der Waals surface area contributed by atoms with Crippen molar-refractivity contribution in [3.8, 4) is 0 Å². The molecule has 2 rings (SSSR count). The highest BCUT2D eigenvalue weighted by atomic mass is 16.8. The molecule has 0 aromatic rings. The number of fused-ring (bicyclic) bond motifs is 1. The van der Waals surface area contributed by atoms with E-state index in [4.69, 9.17) is 18.9 Å². The third-order valence-electron chi connectivity index (χ3n) is 2.45. The predicted molar refractivity (Wildman–Crippen MR) is 49.5 cm³/mol. The molecule has 0 aromatic carbocycles. The Balaban J connectivity index is 2.21. The maximum Gasteiger partial charge on any atom is 0.228 e. The van der Waals surface area contributed by atoms with Gasteiger partial charge in [0.25, 0.3) is 0 Å². The van der Waals surface area contributed by atoms with Gasteiger partial charge in [0, 0.05) is 7.11 Å². The fourth-order valence-electron chi connectivity index (χ4n) is 1.89. The van der Waals surface area contributed by atoms with Gasteiger partial charge >= 0.3 is 0 Å². The van der Waals surface area contributed by atoms with Crippen molar-refractivity contribution in [2.24, 2.45) is 0 Å². The van der Waals surface area contributed by atoms with Crippen molar-refractivity contribution >= 4 is 0 Å². The molecule has 0 spiro atoms. The Morgan fingerprint density at radius 3 is 2.64 bits per heavy atom. The number of allylic oxidation sites excluding steroid dienone is 1. The molecular weight excluding hydrogens is 184 g/mol. The minimum Gasteiger partial charge on any atom is -0.464 e. The lowest BCUT2D eigenvalue weighted by atomic mass is 10.2. The van der Waals surface area contributed by atoms with Gasteiger partial charge in [-0.15, -0.1) is 0 Å². The van der Waals surface area contributed by atoms with Gasteiger partial charge in [0.15, 0.2) is 18.0 Å². The summed E-state index contributed by atoms with van der Waals surface area (Å²) in [6, 6.07) is 0. The van der Waals surface area contributed by atoms with Gasteiger partial charge < -0.3 is 18.9 Å². The quantitative estimate of drug-likeness (QED) is 0.641. The van der Waals surface area contributed by atoms with E-state index in [2.05, 4.69) is 0 Å². The van der Waals surface area contributed by atoms with E-state index in [1.54, 1.807) is 7.11 Å². The van der Waals surface area contributed by atoms with E-state index in [0.29, 0.717) is 0 Å². The van der Waals surface area contributed by atoms with Crippen LogP contribution in [0.3, 0.4) is 0 Å². The third kappa shape index (κ3) is 1.43. The SMILES string of the molecule is C/C=C1\O[C@@H](OC)[C@@H]2OC(C)(C)O[C@H]12. The summed E-state index contributed by atoms with van der Waals surface area (Å²) in [6.45, 7) is 5.70. The van der Waals surface area contributed by atoms with Crippen LogP contribution in [0.5, 0.6) is 0 Å². The Labute approximate surface area is 83.8 Å². The molecule has 0 amide bonds. The minimum absolute atomic E-state index is 0.125. The molecular formula is C10H16O4. The fraction of sp³-hybridized carbons (Fsp3) is 0.800. The lowest BCUT2D eigenvalue weighted by molar-refractivity contribution is -0.201. The molecule has 2 saturated heterocycles. The predicted octanol–water partition coefficient (Wildman–Crippen LogP) is 1.41. The Kier molecular flexibility index (Phi) is 2.29. The monoisotopic (exact) mass is 200 g/mol. The zero-order valence-corrected chi connectivity index (χ0v) is 8.94. The number of methoxy groups -OCH3 is 1. The molecule has 0 aliphatic carbocycles. The maximum absolute atomic E-state index is 5.71. The first-order chi connectivity index (χ1) is 6.57. The van der Waals surface area contributed by atoms with Crippen molar-refractivity contribution in [3.63, 3.8) is 0 Å². The summed E-state index contributed by atoms with van der Waals surface area (Å²) in [6.07, 6.45) is 1.26. The van der Waals surface area contributed by atoms with Gasteiger partial charge in [-0.1, -0.05) is 0 Å². The van der Waals surface area contributed by atoms with Crippen LogP contribution in [-0.4, -0.2) is 31.4 Å². The first kappa shape index (κ1) is 9.96. The molecule has 2 aliphatic heterocycles. The molecule has 14 heavy (non-hydrogen) atoms. The average Bonchev–Trinajstić information content (AvgIpc) is 2.57. The van der Waals surface area contributed by atoms with Gasteiger partial charge in [-0.05, 0) is 26.8 Å². The summed E-state index contributed by atoms with van der Waals surface area (Å²) in [5.41, 5.74) is 0. The summed E-state index contributed by atoms with van der Waals surface area (Å²) < 4.78 is 22.1. The van der Waals surface area contributed by atoms with Crippen LogP contribution < -0.4 is 0 Å². The molecule has 0 unspecified atom stereocenters. The Hall–Kier alpha value is -0.580. The average molecular weight is 200 g/mol. The van der Waals surface area contributed by atoms with E-state index >= 15 is 0 Å². The molecule has 3 atom stereocenters. The standard InChI is InChI=1S/C10H16O4/c1-5-6-7-8(9(11-4)12-6)14-10(2,3)13-7/h5,7-9H,1-4H3/b6-5-/t7-,8-,9-/m1/s1. The molecule has 80 valence electrons. The highest BCUT2D eigenvalue weighted by Crippen LogP contribution is 2.40. The summed E-state index contributed by atoms with van der Waals surface area (Å²) in [4.78, 5) is 0. The van der Waals surface area contributed by atoms with Crippen molar-refractivity contribution in [1.29, 1.82) is 0 Å². The molecule has 2 heterocycles. The zero-order chi connectivity index (χ0) is 10.3. The van der Waals surface area contributed by atoms with Crippen molar-refractivity contribution in [2.75, 3.05) is 7.11 Å². The number of rotatable bonds is 1. The summed E-state index contributed by atoms with van der Waals surface area (Å²) in [5.74, 6) is 0.247. The second kappa shape index (κ2) is 3.22. The number of hydrogen-bond donors (Lipinski definition) is 0. The van der Waals surface area contributed by atoms with Crippen molar-refractivity contribution in [2.45, 2.75) is 45.1 Å². The lowest BCUT2D eigenvalue weighted by Crippen LogP contribution is -2.30. The minimum atomic E-state index is -0.551. The van der Waals surface area contributed by atoms with Crippen molar-refractivity contribution in [3.05, 3.63) is 11.8 Å². The van der Waals surface area contributed by atoms with Crippen LogP contribution in [-0.2, 0) is 18.9 Å². The lowest BCUT2D eigenvalue weighted by Gasteiger charge is -2.21. The number of ether oxygens (including phenoxy) is 4. The van der Waals surface area contributed by atoms with Crippen LogP contribution in [0.25, 0.3) is 0 Å². The topological polar surface area (TPSA) is 36.9 Å². The van der Waals surface area contributed by atoms with E-state index in [1.807, 2.05) is 26.8 Å². The Morgan fingerprint density at radius 2 is 2.07 bits per heavy atom. The molecule has 2 aliphatic rings. The first-order valence-corrected chi connectivity index (χ1v) is 4.78. The second-order valence-electron chi connectivity index (χ2n) is 3.93. The normalized spacial score (nSPS) is 42.6. The summed E-state index contributed by atoms with van der Waals surface area (Å²) in [7, 11) is 1.61. The highest BCUT2D eigenvalue weighted by Gasteiger charge is 2.53. The second-order valence-corrected chi connectivity index (χ2v) is 3.93. The van der Waals surface area contributed by atoms with Crippen LogP contribution in [0.1, 0.15) is 20.8 Å². The molecule has 0 bridgehead atoms. The van der Waals surface area contributed by atoms with Gasteiger partial charge in [-0.2, -0.15) is 0 Å². The zero-order valence-electron chi connectivity index (χ0n) is 8.94. The van der Waals surface area contributed by atoms with E-state index in [-0.39, 0.29) is 18.5 Å². The molecule has 0 saturated carbocycles.